The molecule has 2 nitrogen and oxygen atoms in total. The van der Waals surface area contributed by atoms with E-state index >= 15 is 0 Å². The number of rotatable bonds is 1. The van der Waals surface area contributed by atoms with Crippen LogP contribution in [-0.2, 0) is 0 Å². The number of fused-ring (bicyclic) bond motifs is 1. The van der Waals surface area contributed by atoms with Crippen LogP contribution in [-0.4, -0.2) is 4.98 Å². The lowest BCUT2D eigenvalue weighted by atomic mass is 10.1. The molecule has 0 fully saturated rings. The van der Waals surface area contributed by atoms with Gasteiger partial charge < -0.3 is 5.73 Å². The molecule has 3 heteroatoms. The highest BCUT2D eigenvalue weighted by Crippen LogP contribution is 2.20. The zero-order valence-electron chi connectivity index (χ0n) is 7.87. The number of halogens is 1. The quantitative estimate of drug-likeness (QED) is 0.779. The fourth-order valence-electron chi connectivity index (χ4n) is 1.37. The van der Waals surface area contributed by atoms with Gasteiger partial charge in [0.1, 0.15) is 0 Å². The molecule has 0 bridgehead atoms. The number of hydrogen-bond donors (Lipinski definition) is 1. The average molecular weight is 207 g/mol. The number of hydrogen-bond acceptors (Lipinski definition) is 2. The highest BCUT2D eigenvalue weighted by molar-refractivity contribution is 6.31. The van der Waals surface area contributed by atoms with Crippen molar-refractivity contribution in [2.75, 3.05) is 0 Å². The summed E-state index contributed by atoms with van der Waals surface area (Å²) in [5, 5.41) is 1.76. The molecular weight excluding hydrogens is 196 g/mol. The first-order chi connectivity index (χ1) is 6.66. The topological polar surface area (TPSA) is 38.9 Å². The fourth-order valence-corrected chi connectivity index (χ4v) is 1.55. The predicted molar refractivity (Wildman–Crippen MR) is 59.4 cm³/mol. The van der Waals surface area contributed by atoms with E-state index in [-0.39, 0.29) is 6.04 Å². The van der Waals surface area contributed by atoms with Crippen molar-refractivity contribution in [2.45, 2.75) is 13.0 Å². The van der Waals surface area contributed by atoms with E-state index in [0.29, 0.717) is 0 Å². The molecule has 72 valence electrons. The third-order valence-electron chi connectivity index (χ3n) is 2.19. The fraction of sp³-hybridized carbons (Fsp3) is 0.182. The predicted octanol–water partition coefficient (Wildman–Crippen LogP) is 2.91. The van der Waals surface area contributed by atoms with Crippen molar-refractivity contribution in [2.24, 2.45) is 5.73 Å². The third-order valence-corrected chi connectivity index (χ3v) is 2.43. The van der Waals surface area contributed by atoms with E-state index < -0.39 is 0 Å². The van der Waals surface area contributed by atoms with E-state index in [1.807, 2.05) is 31.2 Å². The van der Waals surface area contributed by atoms with Gasteiger partial charge in [-0.05, 0) is 36.8 Å². The zero-order chi connectivity index (χ0) is 10.1. The van der Waals surface area contributed by atoms with Crippen LogP contribution in [0.25, 0.3) is 10.9 Å². The Hall–Kier alpha value is -1.12. The highest BCUT2D eigenvalue weighted by atomic mass is 35.5. The molecule has 2 rings (SSSR count). The highest BCUT2D eigenvalue weighted by Gasteiger charge is 2.02. The van der Waals surface area contributed by atoms with Crippen molar-refractivity contribution >= 4 is 22.5 Å². The van der Waals surface area contributed by atoms with E-state index in [1.54, 1.807) is 6.20 Å². The Bertz CT molecular complexity index is 466. The van der Waals surface area contributed by atoms with Gasteiger partial charge in [-0.15, -0.1) is 0 Å². The number of nitrogens with two attached hydrogens (primary N) is 1. The molecule has 1 aromatic carbocycles. The molecule has 1 heterocycles. The second-order valence-corrected chi connectivity index (χ2v) is 3.83. The first-order valence-corrected chi connectivity index (χ1v) is 4.85. The number of nitrogens with zero attached hydrogens (tertiary/aromatic N) is 1. The maximum Gasteiger partial charge on any atom is 0.0703 e. The lowest BCUT2D eigenvalue weighted by Gasteiger charge is -2.06. The monoisotopic (exact) mass is 206 g/mol. The molecule has 2 N–H and O–H groups in total. The zero-order valence-corrected chi connectivity index (χ0v) is 8.62. The van der Waals surface area contributed by atoms with Gasteiger partial charge in [0.15, 0.2) is 0 Å². The second-order valence-electron chi connectivity index (χ2n) is 3.39. The van der Waals surface area contributed by atoms with Crippen LogP contribution < -0.4 is 5.73 Å². The van der Waals surface area contributed by atoms with Crippen molar-refractivity contribution in [3.05, 3.63) is 41.0 Å². The van der Waals surface area contributed by atoms with Gasteiger partial charge in [0.2, 0.25) is 0 Å². The van der Waals surface area contributed by atoms with Crippen molar-refractivity contribution in [3.63, 3.8) is 0 Å². The number of pyridine rings is 1. The Morgan fingerprint density at radius 3 is 2.86 bits per heavy atom. The van der Waals surface area contributed by atoms with Crippen LogP contribution in [0.3, 0.4) is 0 Å². The minimum Gasteiger partial charge on any atom is -0.324 e. The Kier molecular flexibility index (Phi) is 2.40. The van der Waals surface area contributed by atoms with E-state index in [4.69, 9.17) is 17.3 Å². The first kappa shape index (κ1) is 9.44. The Labute approximate surface area is 87.7 Å². The molecule has 1 atom stereocenters. The molecule has 0 saturated heterocycles. The SMILES string of the molecule is C[C@@H](N)c1cnc2ccc(Cl)cc2c1. The lowest BCUT2D eigenvalue weighted by molar-refractivity contribution is 0.814. The smallest absolute Gasteiger partial charge is 0.0703 e. The lowest BCUT2D eigenvalue weighted by Crippen LogP contribution is -2.05. The summed E-state index contributed by atoms with van der Waals surface area (Å²) in [6.45, 7) is 1.94. The van der Waals surface area contributed by atoms with Gasteiger partial charge in [0.25, 0.3) is 0 Å². The standard InChI is InChI=1S/C11H11ClN2/c1-7(13)9-4-8-5-10(12)2-3-11(8)14-6-9/h2-7H,13H2,1H3/t7-/m1/s1. The Balaban J connectivity index is 2.63. The van der Waals surface area contributed by atoms with Crippen molar-refractivity contribution in [1.82, 2.24) is 4.98 Å². The maximum absolute atomic E-state index is 5.89. The summed E-state index contributed by atoms with van der Waals surface area (Å²) < 4.78 is 0. The molecule has 14 heavy (non-hydrogen) atoms. The van der Waals surface area contributed by atoms with Gasteiger partial charge in [0, 0.05) is 22.6 Å². The summed E-state index contributed by atoms with van der Waals surface area (Å²) in [6, 6.07) is 7.67. The van der Waals surface area contributed by atoms with Crippen molar-refractivity contribution in [3.8, 4) is 0 Å². The van der Waals surface area contributed by atoms with Gasteiger partial charge in [0.05, 0.1) is 5.52 Å². The normalized spacial score (nSPS) is 13.1. The summed E-state index contributed by atoms with van der Waals surface area (Å²) in [5.74, 6) is 0. The molecule has 1 aromatic heterocycles. The first-order valence-electron chi connectivity index (χ1n) is 4.47. The van der Waals surface area contributed by atoms with E-state index in [1.165, 1.54) is 0 Å². The summed E-state index contributed by atoms with van der Waals surface area (Å²) in [4.78, 5) is 4.30. The molecule has 0 spiro atoms. The number of benzene rings is 1. The summed E-state index contributed by atoms with van der Waals surface area (Å²) in [5.41, 5.74) is 7.74. The van der Waals surface area contributed by atoms with E-state index in [2.05, 4.69) is 4.98 Å². The minimum absolute atomic E-state index is 0.00545. The molecular formula is C11H11ClN2. The second kappa shape index (κ2) is 3.56. The van der Waals surface area contributed by atoms with Crippen LogP contribution in [0, 0.1) is 0 Å². The Morgan fingerprint density at radius 2 is 2.14 bits per heavy atom. The third kappa shape index (κ3) is 1.72. The van der Waals surface area contributed by atoms with E-state index in [0.717, 1.165) is 21.5 Å². The number of aromatic nitrogens is 1. The summed E-state index contributed by atoms with van der Waals surface area (Å²) >= 11 is 5.89. The average Bonchev–Trinajstić information content (AvgIpc) is 2.16. The van der Waals surface area contributed by atoms with Gasteiger partial charge >= 0.3 is 0 Å². The van der Waals surface area contributed by atoms with Crippen molar-refractivity contribution < 1.29 is 0 Å². The molecule has 0 amide bonds. The van der Waals surface area contributed by atoms with Crippen LogP contribution in [0.15, 0.2) is 30.5 Å². The summed E-state index contributed by atoms with van der Waals surface area (Å²) in [6.07, 6.45) is 1.81. The molecule has 0 aliphatic heterocycles. The molecule has 0 aliphatic rings. The van der Waals surface area contributed by atoms with E-state index in [9.17, 15) is 0 Å². The van der Waals surface area contributed by atoms with Crippen LogP contribution in [0.1, 0.15) is 18.5 Å². The van der Waals surface area contributed by atoms with Crippen molar-refractivity contribution in [1.29, 1.82) is 0 Å². The molecule has 0 radical (unpaired) electrons. The van der Waals surface area contributed by atoms with Gasteiger partial charge in [-0.25, -0.2) is 0 Å². The minimum atomic E-state index is 0.00545. The molecule has 0 saturated carbocycles. The van der Waals surface area contributed by atoms with Crippen LogP contribution >= 0.6 is 11.6 Å². The Morgan fingerprint density at radius 1 is 1.36 bits per heavy atom. The summed E-state index contributed by atoms with van der Waals surface area (Å²) in [7, 11) is 0. The van der Waals surface area contributed by atoms with Gasteiger partial charge in [-0.3, -0.25) is 4.98 Å². The van der Waals surface area contributed by atoms with Crippen LogP contribution in [0.5, 0.6) is 0 Å². The molecule has 0 aliphatic carbocycles. The van der Waals surface area contributed by atoms with Crippen LogP contribution in [0.2, 0.25) is 5.02 Å². The maximum atomic E-state index is 5.89. The molecule has 2 aromatic rings. The van der Waals surface area contributed by atoms with Crippen LogP contribution in [0.4, 0.5) is 0 Å². The van der Waals surface area contributed by atoms with Gasteiger partial charge in [-0.1, -0.05) is 11.6 Å². The molecule has 0 unspecified atom stereocenters. The van der Waals surface area contributed by atoms with Gasteiger partial charge in [-0.2, -0.15) is 0 Å². The largest absolute Gasteiger partial charge is 0.324 e.